The number of rotatable bonds is 1. The molecule has 16 heavy (non-hydrogen) atoms. The van der Waals surface area contributed by atoms with E-state index in [4.69, 9.17) is 0 Å². The van der Waals surface area contributed by atoms with Gasteiger partial charge in [-0.1, -0.05) is 0 Å². The van der Waals surface area contributed by atoms with Crippen molar-refractivity contribution in [2.45, 2.75) is 27.7 Å². The van der Waals surface area contributed by atoms with Crippen LogP contribution >= 0.6 is 11.8 Å². The predicted octanol–water partition coefficient (Wildman–Crippen LogP) is 2.32. The van der Waals surface area contributed by atoms with E-state index in [0.29, 0.717) is 11.4 Å². The number of aliphatic imine (C=N–C) groups is 1. The third-order valence-corrected chi connectivity index (χ3v) is 2.92. The highest BCUT2D eigenvalue weighted by molar-refractivity contribution is 8.13. The van der Waals surface area contributed by atoms with Crippen molar-refractivity contribution in [2.24, 2.45) is 4.99 Å². The van der Waals surface area contributed by atoms with Crippen molar-refractivity contribution in [3.05, 3.63) is 22.8 Å². The van der Waals surface area contributed by atoms with Crippen LogP contribution in [-0.2, 0) is 0 Å². The van der Waals surface area contributed by atoms with Gasteiger partial charge in [0.25, 0.3) is 5.91 Å². The van der Waals surface area contributed by atoms with Gasteiger partial charge in [0, 0.05) is 0 Å². The molecule has 0 unspecified atom stereocenters. The van der Waals surface area contributed by atoms with E-state index >= 15 is 0 Å². The molecule has 0 N–H and O–H groups in total. The average molecular weight is 237 g/mol. The fraction of sp³-hybridized carbons (Fsp3) is 0.455. The van der Waals surface area contributed by atoms with E-state index in [1.165, 1.54) is 11.8 Å². The lowest BCUT2D eigenvalue weighted by Gasteiger charge is -2.04. The number of nitrogens with zero attached hydrogens (tertiary/aromatic N) is 3. The Morgan fingerprint density at radius 3 is 2.25 bits per heavy atom. The lowest BCUT2D eigenvalue weighted by atomic mass is 10.2. The van der Waals surface area contributed by atoms with Crippen LogP contribution in [0.15, 0.2) is 4.99 Å². The molecule has 0 radical (unpaired) electrons. The first-order chi connectivity index (χ1) is 7.45. The summed E-state index contributed by atoms with van der Waals surface area (Å²) in [6.07, 6.45) is 1.88. The van der Waals surface area contributed by atoms with Crippen LogP contribution in [0.2, 0.25) is 0 Å². The Balaban J connectivity index is 3.14. The van der Waals surface area contributed by atoms with Crippen molar-refractivity contribution >= 4 is 22.7 Å². The molecule has 0 fully saturated rings. The molecule has 0 atom stereocenters. The highest BCUT2D eigenvalue weighted by atomic mass is 32.2. The Bertz CT molecular complexity index is 455. The summed E-state index contributed by atoms with van der Waals surface area (Å²) in [4.78, 5) is 24.2. The Kier molecular flexibility index (Phi) is 4.18. The monoisotopic (exact) mass is 237 g/mol. The molecule has 1 rings (SSSR count). The normalized spacial score (nSPS) is 11.7. The van der Waals surface area contributed by atoms with E-state index in [1.54, 1.807) is 13.8 Å². The van der Waals surface area contributed by atoms with Crippen LogP contribution in [0.4, 0.5) is 0 Å². The zero-order chi connectivity index (χ0) is 12.3. The SMILES string of the molecule is CSC(C)=NC(=O)c1nc(C)c(C)nc1C. The van der Waals surface area contributed by atoms with Gasteiger partial charge in [0.15, 0.2) is 5.69 Å². The van der Waals surface area contributed by atoms with Crippen LogP contribution in [0.25, 0.3) is 0 Å². The number of carbonyl (C=O) groups is 1. The molecule has 86 valence electrons. The molecule has 1 aromatic rings. The van der Waals surface area contributed by atoms with Gasteiger partial charge in [0.2, 0.25) is 0 Å². The standard InChI is InChI=1S/C11H15N3OS/c1-6-7(2)13-10(8(3)12-6)11(15)14-9(4)16-5/h1-5H3. The Labute approximate surface area is 99.6 Å². The lowest BCUT2D eigenvalue weighted by Crippen LogP contribution is -2.08. The van der Waals surface area contributed by atoms with Gasteiger partial charge in [-0.2, -0.15) is 0 Å². The van der Waals surface area contributed by atoms with Crippen molar-refractivity contribution in [1.82, 2.24) is 9.97 Å². The number of carbonyl (C=O) groups excluding carboxylic acids is 1. The quantitative estimate of drug-likeness (QED) is 0.555. The molecule has 0 aliphatic carbocycles. The fourth-order valence-electron chi connectivity index (χ4n) is 1.16. The molecule has 4 nitrogen and oxygen atoms in total. The van der Waals surface area contributed by atoms with Gasteiger partial charge in [-0.15, -0.1) is 11.8 Å². The molecular formula is C11H15N3OS. The fourth-order valence-corrected chi connectivity index (χ4v) is 1.33. The van der Waals surface area contributed by atoms with Crippen molar-refractivity contribution in [3.8, 4) is 0 Å². The largest absolute Gasteiger partial charge is 0.298 e. The average Bonchev–Trinajstić information content (AvgIpc) is 2.23. The van der Waals surface area contributed by atoms with Gasteiger partial charge in [-0.05, 0) is 34.0 Å². The van der Waals surface area contributed by atoms with E-state index < -0.39 is 0 Å². The summed E-state index contributed by atoms with van der Waals surface area (Å²) in [5, 5.41) is 0.726. The summed E-state index contributed by atoms with van der Waals surface area (Å²) in [6, 6.07) is 0. The highest BCUT2D eigenvalue weighted by Gasteiger charge is 2.13. The summed E-state index contributed by atoms with van der Waals surface area (Å²) >= 11 is 1.44. The van der Waals surface area contributed by atoms with Crippen LogP contribution < -0.4 is 0 Å². The second kappa shape index (κ2) is 5.21. The molecule has 0 aromatic carbocycles. The van der Waals surface area contributed by atoms with Crippen LogP contribution in [0, 0.1) is 20.8 Å². The molecular weight excluding hydrogens is 222 g/mol. The number of amides is 1. The van der Waals surface area contributed by atoms with E-state index in [1.807, 2.05) is 20.1 Å². The first-order valence-corrected chi connectivity index (χ1v) is 6.13. The summed E-state index contributed by atoms with van der Waals surface area (Å²) < 4.78 is 0. The number of thioether (sulfide) groups is 1. The Morgan fingerprint density at radius 1 is 1.12 bits per heavy atom. The number of aryl methyl sites for hydroxylation is 3. The van der Waals surface area contributed by atoms with Crippen LogP contribution in [0.3, 0.4) is 0 Å². The van der Waals surface area contributed by atoms with E-state index in [-0.39, 0.29) is 5.91 Å². The maximum Gasteiger partial charge on any atom is 0.298 e. The molecule has 0 bridgehead atoms. The molecule has 0 saturated heterocycles. The number of hydrogen-bond acceptors (Lipinski definition) is 4. The zero-order valence-electron chi connectivity index (χ0n) is 10.2. The lowest BCUT2D eigenvalue weighted by molar-refractivity contribution is 0.0997. The molecule has 1 aromatic heterocycles. The molecule has 0 saturated carbocycles. The van der Waals surface area contributed by atoms with Gasteiger partial charge < -0.3 is 0 Å². The maximum atomic E-state index is 11.8. The van der Waals surface area contributed by atoms with Gasteiger partial charge in [-0.25, -0.2) is 9.98 Å². The van der Waals surface area contributed by atoms with Crippen molar-refractivity contribution in [2.75, 3.05) is 6.26 Å². The minimum Gasteiger partial charge on any atom is -0.265 e. The van der Waals surface area contributed by atoms with E-state index in [9.17, 15) is 4.79 Å². The van der Waals surface area contributed by atoms with Crippen LogP contribution in [0.5, 0.6) is 0 Å². The molecule has 1 heterocycles. The second-order valence-electron chi connectivity index (χ2n) is 3.47. The Morgan fingerprint density at radius 2 is 1.69 bits per heavy atom. The molecule has 0 spiro atoms. The zero-order valence-corrected chi connectivity index (χ0v) is 11.0. The second-order valence-corrected chi connectivity index (χ2v) is 4.47. The predicted molar refractivity (Wildman–Crippen MR) is 67.2 cm³/mol. The van der Waals surface area contributed by atoms with Gasteiger partial charge in [-0.3, -0.25) is 9.78 Å². The first-order valence-electron chi connectivity index (χ1n) is 4.91. The topological polar surface area (TPSA) is 55.2 Å². The highest BCUT2D eigenvalue weighted by Crippen LogP contribution is 2.09. The smallest absolute Gasteiger partial charge is 0.265 e. The van der Waals surface area contributed by atoms with Gasteiger partial charge in [0.1, 0.15) is 0 Å². The molecule has 0 aliphatic rings. The first kappa shape index (κ1) is 12.8. The number of hydrogen-bond donors (Lipinski definition) is 0. The summed E-state index contributed by atoms with van der Waals surface area (Å²) in [5.74, 6) is -0.319. The van der Waals surface area contributed by atoms with Crippen molar-refractivity contribution < 1.29 is 4.79 Å². The summed E-state index contributed by atoms with van der Waals surface area (Å²) in [5.41, 5.74) is 2.59. The third kappa shape index (κ3) is 2.88. The summed E-state index contributed by atoms with van der Waals surface area (Å²) in [6.45, 7) is 7.28. The molecule has 5 heteroatoms. The minimum absolute atomic E-state index is 0.319. The number of aromatic nitrogens is 2. The van der Waals surface area contributed by atoms with Crippen molar-refractivity contribution in [1.29, 1.82) is 0 Å². The minimum atomic E-state index is -0.319. The van der Waals surface area contributed by atoms with Crippen molar-refractivity contribution in [3.63, 3.8) is 0 Å². The molecule has 1 amide bonds. The summed E-state index contributed by atoms with van der Waals surface area (Å²) in [7, 11) is 0. The maximum absolute atomic E-state index is 11.8. The Hall–Kier alpha value is -1.23. The van der Waals surface area contributed by atoms with E-state index in [0.717, 1.165) is 16.4 Å². The van der Waals surface area contributed by atoms with Crippen LogP contribution in [-0.4, -0.2) is 27.2 Å². The van der Waals surface area contributed by atoms with Crippen LogP contribution in [0.1, 0.15) is 34.5 Å². The van der Waals surface area contributed by atoms with E-state index in [2.05, 4.69) is 15.0 Å². The third-order valence-electron chi connectivity index (χ3n) is 2.24. The van der Waals surface area contributed by atoms with Gasteiger partial charge >= 0.3 is 0 Å². The van der Waals surface area contributed by atoms with Gasteiger partial charge in [0.05, 0.1) is 22.1 Å². The molecule has 0 aliphatic heterocycles.